The van der Waals surface area contributed by atoms with Crippen LogP contribution in [-0.2, 0) is 11.4 Å². The minimum Gasteiger partial charge on any atom is -0.497 e. The number of hydrogen-bond donors (Lipinski definition) is 2. The first kappa shape index (κ1) is 30.9. The van der Waals surface area contributed by atoms with Crippen LogP contribution in [0.1, 0.15) is 38.2 Å². The lowest BCUT2D eigenvalue weighted by Crippen LogP contribution is -2.32. The van der Waals surface area contributed by atoms with E-state index in [9.17, 15) is 9.59 Å². The molecule has 0 unspecified atom stereocenters. The van der Waals surface area contributed by atoms with Crippen molar-refractivity contribution >= 4 is 35.7 Å². The van der Waals surface area contributed by atoms with Crippen molar-refractivity contribution < 1.29 is 23.8 Å². The Morgan fingerprint density at radius 2 is 1.51 bits per heavy atom. The Balaban J connectivity index is 1.49. The van der Waals surface area contributed by atoms with E-state index >= 15 is 0 Å². The third kappa shape index (κ3) is 8.47. The molecule has 43 heavy (non-hydrogen) atoms. The lowest BCUT2D eigenvalue weighted by molar-refractivity contribution is -0.117. The SMILES string of the molecule is COc1ccc(C=C(NC(=O)c2ccccc2)C(=O)NN=Cc2ccc(OC)c(COc3cc(C)c(Cl)c(C)c3)c2)cc1. The molecule has 0 bridgehead atoms. The van der Waals surface area contributed by atoms with Crippen LogP contribution >= 0.6 is 11.6 Å². The number of nitrogens with one attached hydrogen (secondary N) is 2. The molecule has 9 heteroatoms. The highest BCUT2D eigenvalue weighted by Crippen LogP contribution is 2.28. The van der Waals surface area contributed by atoms with Gasteiger partial charge < -0.3 is 19.5 Å². The Bertz CT molecular complexity index is 1630. The molecule has 4 aromatic carbocycles. The van der Waals surface area contributed by atoms with Gasteiger partial charge in [-0.2, -0.15) is 5.10 Å². The van der Waals surface area contributed by atoms with E-state index in [1.165, 1.54) is 6.21 Å². The number of hydrazone groups is 1. The molecule has 220 valence electrons. The molecule has 0 atom stereocenters. The number of nitrogens with zero attached hydrogens (tertiary/aromatic N) is 1. The van der Waals surface area contributed by atoms with Crippen molar-refractivity contribution in [1.82, 2.24) is 10.7 Å². The summed E-state index contributed by atoms with van der Waals surface area (Å²) in [6.07, 6.45) is 3.07. The van der Waals surface area contributed by atoms with Gasteiger partial charge in [0.1, 0.15) is 29.6 Å². The Labute approximate surface area is 255 Å². The topological polar surface area (TPSA) is 98.2 Å². The lowest BCUT2D eigenvalue weighted by Gasteiger charge is -2.13. The van der Waals surface area contributed by atoms with Crippen molar-refractivity contribution in [3.05, 3.63) is 129 Å². The summed E-state index contributed by atoms with van der Waals surface area (Å²) < 4.78 is 16.7. The van der Waals surface area contributed by atoms with E-state index in [4.69, 9.17) is 25.8 Å². The molecule has 0 heterocycles. The maximum absolute atomic E-state index is 13.2. The fourth-order valence-electron chi connectivity index (χ4n) is 4.18. The first-order chi connectivity index (χ1) is 20.8. The summed E-state index contributed by atoms with van der Waals surface area (Å²) in [5, 5.41) is 7.53. The number of carbonyl (C=O) groups excluding carboxylic acids is 2. The van der Waals surface area contributed by atoms with Gasteiger partial charge in [0.05, 0.1) is 20.4 Å². The average molecular weight is 598 g/mol. The van der Waals surface area contributed by atoms with Crippen molar-refractivity contribution in [1.29, 1.82) is 0 Å². The third-order valence-electron chi connectivity index (χ3n) is 6.44. The van der Waals surface area contributed by atoms with Crippen molar-refractivity contribution in [3.8, 4) is 17.2 Å². The number of ether oxygens (including phenoxy) is 3. The molecule has 4 rings (SSSR count). The highest BCUT2D eigenvalue weighted by atomic mass is 35.5. The smallest absolute Gasteiger partial charge is 0.287 e. The molecule has 0 aromatic heterocycles. The first-order valence-corrected chi connectivity index (χ1v) is 13.8. The second-order valence-electron chi connectivity index (χ2n) is 9.58. The van der Waals surface area contributed by atoms with Crippen molar-refractivity contribution in [2.75, 3.05) is 14.2 Å². The zero-order chi connectivity index (χ0) is 30.8. The van der Waals surface area contributed by atoms with Crippen LogP contribution in [-0.4, -0.2) is 32.2 Å². The third-order valence-corrected chi connectivity index (χ3v) is 7.04. The van der Waals surface area contributed by atoms with Gasteiger partial charge in [-0.1, -0.05) is 41.9 Å². The monoisotopic (exact) mass is 597 g/mol. The maximum atomic E-state index is 13.2. The number of aryl methyl sites for hydroxylation is 2. The molecule has 2 N–H and O–H groups in total. The molecule has 0 aliphatic carbocycles. The highest BCUT2D eigenvalue weighted by Gasteiger charge is 2.15. The summed E-state index contributed by atoms with van der Waals surface area (Å²) in [6.45, 7) is 4.11. The molecular formula is C34H32ClN3O5. The predicted octanol–water partition coefficient (Wildman–Crippen LogP) is 6.47. The van der Waals surface area contributed by atoms with Gasteiger partial charge in [-0.15, -0.1) is 0 Å². The van der Waals surface area contributed by atoms with Crippen molar-refractivity contribution in [2.24, 2.45) is 5.10 Å². The number of rotatable bonds is 11. The van der Waals surface area contributed by atoms with E-state index in [-0.39, 0.29) is 12.3 Å². The molecule has 0 fully saturated rings. The second kappa shape index (κ2) is 14.7. The number of methoxy groups -OCH3 is 2. The normalized spacial score (nSPS) is 11.2. The Morgan fingerprint density at radius 3 is 2.16 bits per heavy atom. The van der Waals surface area contributed by atoms with E-state index in [0.717, 1.165) is 16.7 Å². The zero-order valence-corrected chi connectivity index (χ0v) is 25.1. The fraction of sp³-hybridized carbons (Fsp3) is 0.147. The molecule has 0 saturated carbocycles. The molecule has 0 radical (unpaired) electrons. The van der Waals surface area contributed by atoms with Gasteiger partial charge in [0.15, 0.2) is 0 Å². The van der Waals surface area contributed by atoms with Gasteiger partial charge in [-0.05, 0) is 96.8 Å². The van der Waals surface area contributed by atoms with Crippen LogP contribution in [0.3, 0.4) is 0 Å². The molecular weight excluding hydrogens is 566 g/mol. The standard InChI is InChI=1S/C34H32ClN3O5/c1-22-16-29(17-23(2)32(22)35)43-21-27-18-25(12-15-31(27)42-4)20-36-38-34(40)30(19-24-10-13-28(41-3)14-11-24)37-33(39)26-8-6-5-7-9-26/h5-20H,21H2,1-4H3,(H,37,39)(H,38,40). The van der Waals surface area contributed by atoms with Crippen molar-refractivity contribution in [3.63, 3.8) is 0 Å². The summed E-state index contributed by atoms with van der Waals surface area (Å²) in [4.78, 5) is 26.0. The number of amides is 2. The number of hydrogen-bond acceptors (Lipinski definition) is 6. The molecule has 4 aromatic rings. The van der Waals surface area contributed by atoms with Crippen LogP contribution in [0.25, 0.3) is 6.08 Å². The van der Waals surface area contributed by atoms with E-state index in [1.54, 1.807) is 81.0 Å². The summed E-state index contributed by atoms with van der Waals surface area (Å²) in [6, 6.07) is 24.9. The molecule has 0 aliphatic heterocycles. The summed E-state index contributed by atoms with van der Waals surface area (Å²) in [7, 11) is 3.16. The van der Waals surface area contributed by atoms with E-state index in [1.807, 2.05) is 38.1 Å². The van der Waals surface area contributed by atoms with Crippen LogP contribution in [0.5, 0.6) is 17.2 Å². The van der Waals surface area contributed by atoms with E-state index in [2.05, 4.69) is 15.8 Å². The highest BCUT2D eigenvalue weighted by molar-refractivity contribution is 6.32. The van der Waals surface area contributed by atoms with Crippen LogP contribution in [0.15, 0.2) is 95.7 Å². The van der Waals surface area contributed by atoms with Gasteiger partial charge in [0.2, 0.25) is 0 Å². The molecule has 0 spiro atoms. The van der Waals surface area contributed by atoms with Gasteiger partial charge in [0.25, 0.3) is 11.8 Å². The predicted molar refractivity (Wildman–Crippen MR) is 169 cm³/mol. The summed E-state index contributed by atoms with van der Waals surface area (Å²) in [5.41, 5.74) is 6.98. The van der Waals surface area contributed by atoms with Gasteiger partial charge in [-0.25, -0.2) is 5.43 Å². The first-order valence-electron chi connectivity index (χ1n) is 13.4. The quantitative estimate of drug-likeness (QED) is 0.117. The number of carbonyl (C=O) groups is 2. The van der Waals surface area contributed by atoms with Gasteiger partial charge in [0, 0.05) is 16.1 Å². The average Bonchev–Trinajstić information content (AvgIpc) is 3.03. The van der Waals surface area contributed by atoms with Gasteiger partial charge >= 0.3 is 0 Å². The minimum absolute atomic E-state index is 0.0218. The fourth-order valence-corrected chi connectivity index (χ4v) is 4.29. The van der Waals surface area contributed by atoms with Crippen molar-refractivity contribution in [2.45, 2.75) is 20.5 Å². The maximum Gasteiger partial charge on any atom is 0.287 e. The van der Waals surface area contributed by atoms with Crippen LogP contribution < -0.4 is 25.0 Å². The summed E-state index contributed by atoms with van der Waals surface area (Å²) >= 11 is 6.28. The Hall–Kier alpha value is -5.08. The molecule has 2 amide bonds. The number of halogens is 1. The second-order valence-corrected chi connectivity index (χ2v) is 9.96. The number of benzene rings is 4. The van der Waals surface area contributed by atoms with E-state index in [0.29, 0.717) is 39.0 Å². The van der Waals surface area contributed by atoms with Gasteiger partial charge in [-0.3, -0.25) is 9.59 Å². The molecule has 0 saturated heterocycles. The minimum atomic E-state index is -0.595. The van der Waals surface area contributed by atoms with Crippen LogP contribution in [0.2, 0.25) is 5.02 Å². The largest absolute Gasteiger partial charge is 0.497 e. The summed E-state index contributed by atoms with van der Waals surface area (Å²) in [5.74, 6) is 0.995. The van der Waals surface area contributed by atoms with E-state index < -0.39 is 11.8 Å². The Morgan fingerprint density at radius 1 is 0.837 bits per heavy atom. The van der Waals surface area contributed by atoms with Crippen LogP contribution in [0.4, 0.5) is 0 Å². The Kier molecular flexibility index (Phi) is 10.6. The molecule has 0 aliphatic rings. The molecule has 8 nitrogen and oxygen atoms in total. The lowest BCUT2D eigenvalue weighted by atomic mass is 10.1. The zero-order valence-electron chi connectivity index (χ0n) is 24.3. The van der Waals surface area contributed by atoms with Crippen LogP contribution in [0, 0.1) is 13.8 Å².